The molecule has 1 saturated heterocycles. The summed E-state index contributed by atoms with van der Waals surface area (Å²) in [7, 11) is 7.56. The molecule has 0 aliphatic carbocycles. The molecule has 0 bridgehead atoms. The molecule has 0 saturated carbocycles. The van der Waals surface area contributed by atoms with Crippen LogP contribution in [-0.4, -0.2) is 86.6 Å². The summed E-state index contributed by atoms with van der Waals surface area (Å²) in [6.45, 7) is 4.09. The number of anilines is 2. The van der Waals surface area contributed by atoms with Crippen LogP contribution < -0.4 is 9.80 Å². The molecule has 1 aromatic rings. The number of aromatic nitrogens is 2. The van der Waals surface area contributed by atoms with Gasteiger partial charge >= 0.3 is 0 Å². The summed E-state index contributed by atoms with van der Waals surface area (Å²) in [6, 6.07) is 0. The van der Waals surface area contributed by atoms with E-state index in [0.717, 1.165) is 44.2 Å². The first-order chi connectivity index (χ1) is 10.5. The number of rotatable bonds is 4. The molecular weight excluding hydrogens is 280 g/mol. The van der Waals surface area contributed by atoms with E-state index in [1.807, 2.05) is 19.0 Å². The van der Waals surface area contributed by atoms with Crippen LogP contribution in [0.3, 0.4) is 0 Å². The highest BCUT2D eigenvalue weighted by atomic mass is 16.2. The number of nitrogens with zero attached hydrogens (tertiary/aromatic N) is 6. The van der Waals surface area contributed by atoms with Gasteiger partial charge in [-0.25, -0.2) is 9.97 Å². The number of amides is 1. The van der Waals surface area contributed by atoms with Crippen LogP contribution in [0.1, 0.15) is 6.42 Å². The summed E-state index contributed by atoms with van der Waals surface area (Å²) in [4.78, 5) is 28.9. The molecule has 0 radical (unpaired) electrons. The highest BCUT2D eigenvalue weighted by Crippen LogP contribution is 2.23. The van der Waals surface area contributed by atoms with Gasteiger partial charge in [-0.3, -0.25) is 9.69 Å². The van der Waals surface area contributed by atoms with Gasteiger partial charge in [0.15, 0.2) is 11.6 Å². The van der Waals surface area contributed by atoms with Crippen molar-refractivity contribution in [2.24, 2.45) is 0 Å². The topological polar surface area (TPSA) is 55.8 Å². The quantitative estimate of drug-likeness (QED) is 0.789. The molecule has 22 heavy (non-hydrogen) atoms. The lowest BCUT2D eigenvalue weighted by atomic mass is 10.3. The van der Waals surface area contributed by atoms with Crippen molar-refractivity contribution in [3.8, 4) is 0 Å². The minimum atomic E-state index is 0.155. The van der Waals surface area contributed by atoms with Crippen LogP contribution >= 0.6 is 0 Å². The Morgan fingerprint density at radius 3 is 2.50 bits per heavy atom. The van der Waals surface area contributed by atoms with Crippen molar-refractivity contribution >= 4 is 17.5 Å². The summed E-state index contributed by atoms with van der Waals surface area (Å²) in [5.74, 6) is 1.97. The van der Waals surface area contributed by atoms with Crippen LogP contribution in [0.25, 0.3) is 0 Å². The standard InChI is InChI=1S/C15H26N6O/c1-18(2)13(22)12-20-8-5-9-21(11-10-20)15-14(19(3)4)16-6-7-17-15/h6-7H,5,8-12H2,1-4H3. The molecule has 0 atom stereocenters. The second-order valence-corrected chi connectivity index (χ2v) is 6.00. The van der Waals surface area contributed by atoms with Crippen molar-refractivity contribution < 1.29 is 4.79 Å². The first kappa shape index (κ1) is 16.5. The first-order valence-electron chi connectivity index (χ1n) is 7.65. The fourth-order valence-corrected chi connectivity index (χ4v) is 2.54. The van der Waals surface area contributed by atoms with Crippen molar-refractivity contribution in [3.05, 3.63) is 12.4 Å². The highest BCUT2D eigenvalue weighted by Gasteiger charge is 2.21. The third-order valence-electron chi connectivity index (χ3n) is 3.83. The maximum atomic E-state index is 11.9. The van der Waals surface area contributed by atoms with E-state index in [9.17, 15) is 4.79 Å². The summed E-state index contributed by atoms with van der Waals surface area (Å²) < 4.78 is 0. The van der Waals surface area contributed by atoms with E-state index in [0.29, 0.717) is 6.54 Å². The fraction of sp³-hybridized carbons (Fsp3) is 0.667. The van der Waals surface area contributed by atoms with Gasteiger partial charge in [0.05, 0.1) is 6.54 Å². The fourth-order valence-electron chi connectivity index (χ4n) is 2.54. The van der Waals surface area contributed by atoms with Gasteiger partial charge in [-0.05, 0) is 6.42 Å². The Bertz CT molecular complexity index is 505. The molecule has 1 aliphatic rings. The molecule has 122 valence electrons. The molecule has 7 heteroatoms. The van der Waals surface area contributed by atoms with E-state index in [2.05, 4.69) is 19.8 Å². The van der Waals surface area contributed by atoms with Gasteiger partial charge in [0.2, 0.25) is 5.91 Å². The smallest absolute Gasteiger partial charge is 0.236 e. The van der Waals surface area contributed by atoms with Crippen molar-refractivity contribution in [1.29, 1.82) is 0 Å². The second-order valence-electron chi connectivity index (χ2n) is 6.00. The number of carbonyl (C=O) groups excluding carboxylic acids is 1. The van der Waals surface area contributed by atoms with Crippen LogP contribution in [0.4, 0.5) is 11.6 Å². The van der Waals surface area contributed by atoms with E-state index >= 15 is 0 Å². The zero-order chi connectivity index (χ0) is 16.1. The maximum Gasteiger partial charge on any atom is 0.236 e. The van der Waals surface area contributed by atoms with Gasteiger partial charge in [0.1, 0.15) is 0 Å². The molecule has 0 aromatic carbocycles. The first-order valence-corrected chi connectivity index (χ1v) is 7.65. The predicted octanol–water partition coefficient (Wildman–Crippen LogP) is 0.143. The minimum Gasteiger partial charge on any atom is -0.360 e. The Labute approximate surface area is 132 Å². The Kier molecular flexibility index (Phi) is 5.54. The Balaban J connectivity index is 2.03. The zero-order valence-electron chi connectivity index (χ0n) is 14.0. The van der Waals surface area contributed by atoms with Gasteiger partial charge < -0.3 is 14.7 Å². The van der Waals surface area contributed by atoms with E-state index < -0.39 is 0 Å². The lowest BCUT2D eigenvalue weighted by Crippen LogP contribution is -2.39. The van der Waals surface area contributed by atoms with Crippen LogP contribution in [-0.2, 0) is 4.79 Å². The predicted molar refractivity (Wildman–Crippen MR) is 88.3 cm³/mol. The normalized spacial score (nSPS) is 16.3. The summed E-state index contributed by atoms with van der Waals surface area (Å²) >= 11 is 0. The van der Waals surface area contributed by atoms with E-state index in [1.54, 1.807) is 31.4 Å². The Morgan fingerprint density at radius 1 is 1.09 bits per heavy atom. The molecule has 2 heterocycles. The summed E-state index contributed by atoms with van der Waals surface area (Å²) in [6.07, 6.45) is 4.48. The van der Waals surface area contributed by atoms with Crippen molar-refractivity contribution in [2.45, 2.75) is 6.42 Å². The molecule has 0 spiro atoms. The number of hydrogen-bond donors (Lipinski definition) is 0. The monoisotopic (exact) mass is 306 g/mol. The lowest BCUT2D eigenvalue weighted by Gasteiger charge is -2.26. The zero-order valence-corrected chi connectivity index (χ0v) is 14.0. The van der Waals surface area contributed by atoms with E-state index in [1.165, 1.54) is 0 Å². The Morgan fingerprint density at radius 2 is 1.82 bits per heavy atom. The van der Waals surface area contributed by atoms with Gasteiger partial charge in [0.25, 0.3) is 0 Å². The molecule has 1 amide bonds. The largest absolute Gasteiger partial charge is 0.360 e. The van der Waals surface area contributed by atoms with Crippen LogP contribution in [0.15, 0.2) is 12.4 Å². The third-order valence-corrected chi connectivity index (χ3v) is 3.83. The molecule has 0 N–H and O–H groups in total. The van der Waals surface area contributed by atoms with Crippen LogP contribution in [0.5, 0.6) is 0 Å². The summed E-state index contributed by atoms with van der Waals surface area (Å²) in [5, 5.41) is 0. The average Bonchev–Trinajstić information content (AvgIpc) is 2.72. The van der Waals surface area contributed by atoms with E-state index in [4.69, 9.17) is 0 Å². The summed E-state index contributed by atoms with van der Waals surface area (Å²) in [5.41, 5.74) is 0. The van der Waals surface area contributed by atoms with Gasteiger partial charge in [-0.2, -0.15) is 0 Å². The molecule has 7 nitrogen and oxygen atoms in total. The number of hydrogen-bond acceptors (Lipinski definition) is 6. The molecular formula is C15H26N6O. The Hall–Kier alpha value is -1.89. The molecule has 0 unspecified atom stereocenters. The lowest BCUT2D eigenvalue weighted by molar-refractivity contribution is -0.129. The van der Waals surface area contributed by atoms with Crippen molar-refractivity contribution in [1.82, 2.24) is 19.8 Å². The van der Waals surface area contributed by atoms with Gasteiger partial charge in [-0.15, -0.1) is 0 Å². The number of likely N-dealkylation sites (N-methyl/N-ethyl adjacent to an activating group) is 1. The van der Waals surface area contributed by atoms with Crippen LogP contribution in [0.2, 0.25) is 0 Å². The van der Waals surface area contributed by atoms with Crippen molar-refractivity contribution in [3.63, 3.8) is 0 Å². The number of carbonyl (C=O) groups is 1. The molecule has 2 rings (SSSR count). The second kappa shape index (κ2) is 7.40. The van der Waals surface area contributed by atoms with Gasteiger partial charge in [-0.1, -0.05) is 0 Å². The molecule has 1 aliphatic heterocycles. The molecule has 1 fully saturated rings. The van der Waals surface area contributed by atoms with Crippen LogP contribution in [0, 0.1) is 0 Å². The van der Waals surface area contributed by atoms with Gasteiger partial charge in [0, 0.05) is 66.8 Å². The minimum absolute atomic E-state index is 0.155. The SMILES string of the molecule is CN(C)C(=O)CN1CCCN(c2nccnc2N(C)C)CC1. The van der Waals surface area contributed by atoms with Crippen molar-refractivity contribution in [2.75, 3.05) is 70.7 Å². The maximum absolute atomic E-state index is 11.9. The van der Waals surface area contributed by atoms with E-state index in [-0.39, 0.29) is 5.91 Å². The molecule has 1 aromatic heterocycles. The highest BCUT2D eigenvalue weighted by molar-refractivity contribution is 5.77. The average molecular weight is 306 g/mol. The third kappa shape index (κ3) is 4.07.